The third-order valence-corrected chi connectivity index (χ3v) is 5.90. The molecule has 1 aliphatic heterocycles. The van der Waals surface area contributed by atoms with Gasteiger partial charge in [-0.1, -0.05) is 37.3 Å². The van der Waals surface area contributed by atoms with Crippen molar-refractivity contribution in [1.82, 2.24) is 24.3 Å². The molecular formula is C23H29N5O. The molecule has 2 aromatic heterocycles. The van der Waals surface area contributed by atoms with Gasteiger partial charge < -0.3 is 14.4 Å². The van der Waals surface area contributed by atoms with Crippen LogP contribution in [-0.2, 0) is 13.0 Å². The van der Waals surface area contributed by atoms with Crippen LogP contribution < -0.4 is 0 Å². The van der Waals surface area contributed by atoms with Crippen LogP contribution in [0, 0.1) is 5.41 Å². The first kappa shape index (κ1) is 19.6. The van der Waals surface area contributed by atoms with E-state index in [2.05, 4.69) is 57.7 Å². The van der Waals surface area contributed by atoms with Crippen LogP contribution in [0.4, 0.5) is 0 Å². The molecule has 1 atom stereocenters. The third kappa shape index (κ3) is 4.32. The molecule has 0 spiro atoms. The first-order valence-corrected chi connectivity index (χ1v) is 10.2. The number of nitrogens with zero attached hydrogens (tertiary/aromatic N) is 5. The number of hydrogen-bond acceptors (Lipinski definition) is 4. The molecule has 0 aliphatic carbocycles. The van der Waals surface area contributed by atoms with Crippen molar-refractivity contribution in [2.75, 3.05) is 33.7 Å². The molecule has 3 aromatic rings. The standard InChI is InChI=1S/C23H29N5O/c1-23(10-12-26(2)15-23)16-27(3)22(29)19-13-20-21(24-14-19)28(17-25-20)11-9-18-7-5-4-6-8-18/h4-8,13-14,17H,9-12,15-16H2,1-3H3. The fraction of sp³-hybridized carbons (Fsp3) is 0.435. The largest absolute Gasteiger partial charge is 0.341 e. The number of pyridine rings is 1. The van der Waals surface area contributed by atoms with Gasteiger partial charge in [0.15, 0.2) is 5.65 Å². The van der Waals surface area contributed by atoms with Gasteiger partial charge in [-0.3, -0.25) is 4.79 Å². The molecule has 0 bridgehead atoms. The zero-order chi connectivity index (χ0) is 20.4. The van der Waals surface area contributed by atoms with Crippen LogP contribution >= 0.6 is 0 Å². The molecule has 6 nitrogen and oxygen atoms in total. The summed E-state index contributed by atoms with van der Waals surface area (Å²) in [6, 6.07) is 12.3. The molecule has 1 aromatic carbocycles. The lowest BCUT2D eigenvalue weighted by molar-refractivity contribution is 0.0730. The minimum atomic E-state index is 0.00835. The van der Waals surface area contributed by atoms with E-state index in [1.807, 2.05) is 30.4 Å². The lowest BCUT2D eigenvalue weighted by Crippen LogP contribution is -2.38. The monoisotopic (exact) mass is 391 g/mol. The Bertz CT molecular complexity index is 999. The summed E-state index contributed by atoms with van der Waals surface area (Å²) in [7, 11) is 4.02. The molecule has 6 heteroatoms. The normalized spacial score (nSPS) is 19.7. The van der Waals surface area contributed by atoms with Gasteiger partial charge in [-0.15, -0.1) is 0 Å². The van der Waals surface area contributed by atoms with Gasteiger partial charge in [-0.05, 0) is 43.5 Å². The number of aryl methyl sites for hydroxylation is 2. The predicted molar refractivity (Wildman–Crippen MR) is 115 cm³/mol. The van der Waals surface area contributed by atoms with Gasteiger partial charge in [0.05, 0.1) is 11.9 Å². The number of fused-ring (bicyclic) bond motifs is 1. The molecular weight excluding hydrogens is 362 g/mol. The van der Waals surface area contributed by atoms with E-state index in [0.717, 1.165) is 50.2 Å². The third-order valence-electron chi connectivity index (χ3n) is 5.90. The summed E-state index contributed by atoms with van der Waals surface area (Å²) in [6.45, 7) is 5.93. The SMILES string of the molecule is CN1CCC(C)(CN(C)C(=O)c2cnc3c(c2)ncn3CCc2ccccc2)C1. The van der Waals surface area contributed by atoms with Crippen LogP contribution in [0.1, 0.15) is 29.3 Å². The van der Waals surface area contributed by atoms with Crippen molar-refractivity contribution in [3.05, 3.63) is 60.0 Å². The van der Waals surface area contributed by atoms with Crippen molar-refractivity contribution in [1.29, 1.82) is 0 Å². The Hall–Kier alpha value is -2.73. The Labute approximate surface area is 172 Å². The zero-order valence-electron chi connectivity index (χ0n) is 17.5. The summed E-state index contributed by atoms with van der Waals surface area (Å²) in [5.41, 5.74) is 3.63. The van der Waals surface area contributed by atoms with Gasteiger partial charge in [-0.25, -0.2) is 9.97 Å². The summed E-state index contributed by atoms with van der Waals surface area (Å²) < 4.78 is 2.05. The molecule has 0 N–H and O–H groups in total. The molecule has 0 saturated carbocycles. The predicted octanol–water partition coefficient (Wildman–Crippen LogP) is 3.09. The van der Waals surface area contributed by atoms with E-state index in [0.29, 0.717) is 5.56 Å². The summed E-state index contributed by atoms with van der Waals surface area (Å²) in [5.74, 6) is 0.00835. The van der Waals surface area contributed by atoms with E-state index < -0.39 is 0 Å². The molecule has 0 radical (unpaired) electrons. The van der Waals surface area contributed by atoms with Crippen molar-refractivity contribution < 1.29 is 4.79 Å². The molecule has 1 fully saturated rings. The Balaban J connectivity index is 1.45. The Kier molecular flexibility index (Phi) is 5.37. The topological polar surface area (TPSA) is 54.3 Å². The summed E-state index contributed by atoms with van der Waals surface area (Å²) in [6.07, 6.45) is 5.54. The van der Waals surface area contributed by atoms with E-state index >= 15 is 0 Å². The van der Waals surface area contributed by atoms with Crippen LogP contribution in [0.2, 0.25) is 0 Å². The van der Waals surface area contributed by atoms with Crippen LogP contribution in [0.5, 0.6) is 0 Å². The molecule has 152 valence electrons. The number of benzene rings is 1. The van der Waals surface area contributed by atoms with Crippen molar-refractivity contribution in [2.45, 2.75) is 26.3 Å². The Morgan fingerprint density at radius 2 is 2.03 bits per heavy atom. The highest BCUT2D eigenvalue weighted by Gasteiger charge is 2.34. The minimum Gasteiger partial charge on any atom is -0.341 e. The number of amides is 1. The lowest BCUT2D eigenvalue weighted by atomic mass is 9.89. The molecule has 4 rings (SSSR count). The number of rotatable bonds is 6. The number of carbonyl (C=O) groups is 1. The van der Waals surface area contributed by atoms with E-state index in [-0.39, 0.29) is 11.3 Å². The average Bonchev–Trinajstić information content (AvgIpc) is 3.28. The molecule has 1 aliphatic rings. The molecule has 1 unspecified atom stereocenters. The fourth-order valence-electron chi connectivity index (χ4n) is 4.39. The van der Waals surface area contributed by atoms with Crippen molar-refractivity contribution in [3.8, 4) is 0 Å². The maximum Gasteiger partial charge on any atom is 0.255 e. The summed E-state index contributed by atoms with van der Waals surface area (Å²) in [5, 5.41) is 0. The second-order valence-corrected chi connectivity index (χ2v) is 8.70. The van der Waals surface area contributed by atoms with E-state index in [4.69, 9.17) is 0 Å². The highest BCUT2D eigenvalue weighted by Crippen LogP contribution is 2.30. The fourth-order valence-corrected chi connectivity index (χ4v) is 4.39. The second-order valence-electron chi connectivity index (χ2n) is 8.70. The van der Waals surface area contributed by atoms with Gasteiger partial charge in [0.25, 0.3) is 5.91 Å². The Morgan fingerprint density at radius 1 is 1.24 bits per heavy atom. The Morgan fingerprint density at radius 3 is 2.76 bits per heavy atom. The highest BCUT2D eigenvalue weighted by atomic mass is 16.2. The van der Waals surface area contributed by atoms with Crippen molar-refractivity contribution in [3.63, 3.8) is 0 Å². The summed E-state index contributed by atoms with van der Waals surface area (Å²) >= 11 is 0. The first-order valence-electron chi connectivity index (χ1n) is 10.2. The minimum absolute atomic E-state index is 0.00835. The van der Waals surface area contributed by atoms with Gasteiger partial charge >= 0.3 is 0 Å². The number of likely N-dealkylation sites (tertiary alicyclic amines) is 1. The van der Waals surface area contributed by atoms with E-state index in [1.54, 1.807) is 6.20 Å². The number of hydrogen-bond donors (Lipinski definition) is 0. The first-order chi connectivity index (χ1) is 13.9. The lowest BCUT2D eigenvalue weighted by Gasteiger charge is -2.29. The number of aromatic nitrogens is 3. The molecule has 1 saturated heterocycles. The number of carbonyl (C=O) groups excluding carboxylic acids is 1. The second kappa shape index (κ2) is 7.95. The quantitative estimate of drug-likeness (QED) is 0.648. The smallest absolute Gasteiger partial charge is 0.255 e. The van der Waals surface area contributed by atoms with Crippen molar-refractivity contribution in [2.24, 2.45) is 5.41 Å². The van der Waals surface area contributed by atoms with Crippen LogP contribution in [0.15, 0.2) is 48.9 Å². The van der Waals surface area contributed by atoms with Gasteiger partial charge in [-0.2, -0.15) is 0 Å². The summed E-state index contributed by atoms with van der Waals surface area (Å²) in [4.78, 5) is 26.2. The molecule has 3 heterocycles. The van der Waals surface area contributed by atoms with Crippen molar-refractivity contribution >= 4 is 17.1 Å². The molecule has 1 amide bonds. The molecule has 29 heavy (non-hydrogen) atoms. The van der Waals surface area contributed by atoms with Gasteiger partial charge in [0.1, 0.15) is 5.52 Å². The maximum atomic E-state index is 13.0. The average molecular weight is 392 g/mol. The van der Waals surface area contributed by atoms with E-state index in [9.17, 15) is 4.79 Å². The van der Waals surface area contributed by atoms with Crippen LogP contribution in [0.25, 0.3) is 11.2 Å². The highest BCUT2D eigenvalue weighted by molar-refractivity contribution is 5.96. The van der Waals surface area contributed by atoms with Crippen LogP contribution in [-0.4, -0.2) is 64.0 Å². The van der Waals surface area contributed by atoms with Crippen LogP contribution in [0.3, 0.4) is 0 Å². The maximum absolute atomic E-state index is 13.0. The zero-order valence-corrected chi connectivity index (χ0v) is 17.5. The number of imidazole rings is 1. The van der Waals surface area contributed by atoms with Gasteiger partial charge in [0, 0.05) is 32.9 Å². The van der Waals surface area contributed by atoms with Gasteiger partial charge in [0.2, 0.25) is 0 Å². The van der Waals surface area contributed by atoms with E-state index in [1.165, 1.54) is 5.56 Å².